The van der Waals surface area contributed by atoms with Gasteiger partial charge < -0.3 is 48.9 Å². The molecule has 6 rings (SSSR count). The summed E-state index contributed by atoms with van der Waals surface area (Å²) >= 11 is 0. The minimum atomic E-state index is -1.37. The minimum absolute atomic E-state index is 0. The van der Waals surface area contributed by atoms with Crippen LogP contribution in [0.2, 0.25) is 0 Å². The fourth-order valence-corrected chi connectivity index (χ4v) is 12.3. The quantitative estimate of drug-likeness (QED) is 0.138. The van der Waals surface area contributed by atoms with Crippen LogP contribution >= 0.6 is 0 Å². The van der Waals surface area contributed by atoms with E-state index in [-0.39, 0.29) is 65.3 Å². The van der Waals surface area contributed by atoms with Crippen molar-refractivity contribution in [2.75, 3.05) is 0 Å². The topological polar surface area (TPSA) is 164 Å². The Balaban J connectivity index is 0.000000553. The number of Topliss-reactive ketones (excluding diaryl/α,β-unsaturated/α-hetero) is 1. The van der Waals surface area contributed by atoms with Crippen LogP contribution in [-0.2, 0) is 33.3 Å². The van der Waals surface area contributed by atoms with Gasteiger partial charge in [-0.2, -0.15) is 0 Å². The molecule has 0 radical (unpaired) electrons. The number of aliphatic hydroxyl groups is 3. The molecule has 0 amide bonds. The van der Waals surface area contributed by atoms with E-state index in [9.17, 15) is 30.0 Å². The van der Waals surface area contributed by atoms with E-state index in [0.717, 1.165) is 19.3 Å². The number of hydrogen-bond acceptors (Lipinski definition) is 11. The van der Waals surface area contributed by atoms with Gasteiger partial charge in [0.05, 0.1) is 47.8 Å². The van der Waals surface area contributed by atoms with Crippen LogP contribution in [0.3, 0.4) is 0 Å². The summed E-state index contributed by atoms with van der Waals surface area (Å²) in [5.41, 5.74) is 1.70. The summed E-state index contributed by atoms with van der Waals surface area (Å²) in [6, 6.07) is 0. The number of carboxylic acid groups (broad SMARTS) is 1. The van der Waals surface area contributed by atoms with Crippen LogP contribution < -0.4 is 34.7 Å². The molecule has 11 nitrogen and oxygen atoms in total. The second-order valence-electron chi connectivity index (χ2n) is 23.3. The second kappa shape index (κ2) is 24.9. The number of aliphatic hydroxyl groups excluding tert-OH is 2. The fourth-order valence-electron chi connectivity index (χ4n) is 12.3. The smallest absolute Gasteiger partial charge is 0.550 e. The van der Waals surface area contributed by atoms with Crippen LogP contribution in [0.15, 0.2) is 47.6 Å². The van der Waals surface area contributed by atoms with Gasteiger partial charge in [-0.3, -0.25) is 4.79 Å². The third-order valence-electron chi connectivity index (χ3n) is 17.4. The minimum Gasteiger partial charge on any atom is -0.550 e. The molecule has 388 valence electrons. The van der Waals surface area contributed by atoms with E-state index >= 15 is 0 Å². The van der Waals surface area contributed by atoms with Gasteiger partial charge in [0.15, 0.2) is 5.79 Å². The van der Waals surface area contributed by atoms with Crippen molar-refractivity contribution in [3.05, 3.63) is 47.6 Å². The normalized spacial score (nSPS) is 40.4. The molecule has 1 aliphatic carbocycles. The molecule has 69 heavy (non-hydrogen) atoms. The number of carbonyl (C=O) groups is 2. The molecule has 18 unspecified atom stereocenters. The first kappa shape index (κ1) is 60.3. The molecule has 5 aliphatic heterocycles. The summed E-state index contributed by atoms with van der Waals surface area (Å²) in [5, 5.41) is 46.0. The summed E-state index contributed by atoms with van der Waals surface area (Å²) in [7, 11) is 0. The number of allylic oxidation sites excluding steroid dienone is 6. The SMILES string of the molecule is CC1=CCCC(C)=CCC(C)(C)C=CC1.CCC(C(=O)[O-])C1CCC(C)C(C(C)C(O)C(C)C(=O)C(CC)C2OC3(C=CC(O)C4(CCC(C)(C5CCC(O)(CC)C(C)O5)O4)O3)C(C)CC2C)O1.[Na+]. The van der Waals surface area contributed by atoms with Crippen molar-refractivity contribution < 1.29 is 83.3 Å². The van der Waals surface area contributed by atoms with Gasteiger partial charge >= 0.3 is 29.6 Å². The monoisotopic (exact) mass is 977 g/mol. The first-order chi connectivity index (χ1) is 31.8. The maximum absolute atomic E-state index is 14.4. The summed E-state index contributed by atoms with van der Waals surface area (Å²) < 4.78 is 33.4. The van der Waals surface area contributed by atoms with Crippen LogP contribution in [0.4, 0.5) is 0 Å². The van der Waals surface area contributed by atoms with Crippen LogP contribution in [0.5, 0.6) is 0 Å². The molecule has 0 aromatic carbocycles. The fraction of sp³-hybridized carbons (Fsp3) is 0.825. The molecule has 2 spiro atoms. The predicted molar refractivity (Wildman–Crippen MR) is 265 cm³/mol. The molecule has 0 bridgehead atoms. The molecule has 3 N–H and O–H groups in total. The Morgan fingerprint density at radius 2 is 1.54 bits per heavy atom. The Morgan fingerprint density at radius 1 is 0.855 bits per heavy atom. The van der Waals surface area contributed by atoms with E-state index in [1.807, 2.05) is 41.5 Å². The number of aliphatic carboxylic acids is 1. The standard InChI is InChI=1S/C42H70O11.C15H24.Na/c1-11-29(38(46)47)31-15-14-23(4)36(50-31)27(8)34(44)26(7)35(45)30(12-2)37-24(5)22-25(6)41(51-37)19-16-32(43)42(53-41)21-20-39(10,52-42)33-17-18-40(48,13-3)28(9)49-33;1-13-7-5-8-14(2)10-12-15(3,4)11-6-9-13;/h16,19,23-34,36-37,43-44,48H,11-15,17-18,20-22H2,1-10H3,(H,46,47);6-7,10-11H,5,8-9,12H2,1-4H3;/q;;+1/p-1. The molecular formula is C57H93NaO11. The Labute approximate surface area is 439 Å². The van der Waals surface area contributed by atoms with E-state index in [0.29, 0.717) is 63.2 Å². The van der Waals surface area contributed by atoms with Crippen molar-refractivity contribution in [2.45, 2.75) is 252 Å². The molecule has 0 aromatic rings. The van der Waals surface area contributed by atoms with Crippen LogP contribution in [-0.4, -0.2) is 92.6 Å². The third-order valence-corrected chi connectivity index (χ3v) is 17.4. The number of carboxylic acids is 1. The van der Waals surface area contributed by atoms with Gasteiger partial charge in [0.25, 0.3) is 0 Å². The first-order valence-electron chi connectivity index (χ1n) is 26.7. The predicted octanol–water partition coefficient (Wildman–Crippen LogP) is 6.89. The molecule has 0 saturated carbocycles. The van der Waals surface area contributed by atoms with Crippen LogP contribution in [0.1, 0.15) is 187 Å². The van der Waals surface area contributed by atoms with E-state index in [1.165, 1.54) is 24.0 Å². The summed E-state index contributed by atoms with van der Waals surface area (Å²) in [4.78, 5) is 26.2. The number of carbonyl (C=O) groups excluding carboxylic acids is 2. The van der Waals surface area contributed by atoms with E-state index in [2.05, 4.69) is 72.8 Å². The molecule has 5 heterocycles. The van der Waals surface area contributed by atoms with Crippen molar-refractivity contribution in [2.24, 2.45) is 46.8 Å². The Hall–Kier alpha value is -1.22. The Bertz CT molecular complexity index is 1830. The van der Waals surface area contributed by atoms with Gasteiger partial charge in [-0.1, -0.05) is 105 Å². The van der Waals surface area contributed by atoms with E-state index < -0.39 is 82.9 Å². The maximum Gasteiger partial charge on any atom is 1.00 e. The van der Waals surface area contributed by atoms with Crippen molar-refractivity contribution >= 4 is 11.8 Å². The number of ketones is 1. The van der Waals surface area contributed by atoms with Crippen molar-refractivity contribution in [1.29, 1.82) is 0 Å². The Morgan fingerprint density at radius 3 is 2.16 bits per heavy atom. The zero-order valence-electron chi connectivity index (χ0n) is 45.6. The van der Waals surface area contributed by atoms with E-state index in [4.69, 9.17) is 23.7 Å². The molecule has 4 saturated heterocycles. The zero-order valence-corrected chi connectivity index (χ0v) is 47.6. The summed E-state index contributed by atoms with van der Waals surface area (Å²) in [6.45, 7) is 28.6. The second-order valence-corrected chi connectivity index (χ2v) is 23.3. The maximum atomic E-state index is 14.4. The van der Waals surface area contributed by atoms with Gasteiger partial charge in [-0.25, -0.2) is 0 Å². The van der Waals surface area contributed by atoms with Gasteiger partial charge in [0, 0.05) is 42.0 Å². The van der Waals surface area contributed by atoms with Crippen LogP contribution in [0.25, 0.3) is 0 Å². The molecule has 4 fully saturated rings. The van der Waals surface area contributed by atoms with Gasteiger partial charge in [0.1, 0.15) is 11.9 Å². The Kier molecular flexibility index (Phi) is 21.8. The average molecular weight is 977 g/mol. The molecule has 0 aromatic heterocycles. The zero-order chi connectivity index (χ0) is 50.6. The van der Waals surface area contributed by atoms with Gasteiger partial charge in [-0.05, 0) is 141 Å². The number of hydrogen-bond donors (Lipinski definition) is 3. The molecule has 6 aliphatic rings. The molecule has 18 atom stereocenters. The summed E-state index contributed by atoms with van der Waals surface area (Å²) in [5.74, 6) is -6.24. The van der Waals surface area contributed by atoms with E-state index in [1.54, 1.807) is 19.1 Å². The average Bonchev–Trinajstić information content (AvgIpc) is 3.63. The summed E-state index contributed by atoms with van der Waals surface area (Å²) in [6.07, 6.45) is 19.4. The van der Waals surface area contributed by atoms with Crippen molar-refractivity contribution in [3.8, 4) is 0 Å². The van der Waals surface area contributed by atoms with Gasteiger partial charge in [0.2, 0.25) is 5.79 Å². The largest absolute Gasteiger partial charge is 1.00 e. The van der Waals surface area contributed by atoms with Crippen LogP contribution in [0, 0.1) is 46.8 Å². The number of ether oxygens (including phenoxy) is 5. The van der Waals surface area contributed by atoms with Crippen molar-refractivity contribution in [1.82, 2.24) is 0 Å². The molecule has 12 heteroatoms. The van der Waals surface area contributed by atoms with Gasteiger partial charge in [-0.15, -0.1) is 0 Å². The van der Waals surface area contributed by atoms with Crippen molar-refractivity contribution in [3.63, 3.8) is 0 Å². The molecular weight excluding hydrogens is 884 g/mol. The number of rotatable bonds is 12. The third kappa shape index (κ3) is 13.9. The first-order valence-corrected chi connectivity index (χ1v) is 26.7.